The predicted molar refractivity (Wildman–Crippen MR) is 69.0 cm³/mol. The zero-order valence-corrected chi connectivity index (χ0v) is 10.4. The van der Waals surface area contributed by atoms with Gasteiger partial charge in [-0.25, -0.2) is 14.3 Å². The number of aromatic nitrogens is 3. The second-order valence-electron chi connectivity index (χ2n) is 4.74. The second kappa shape index (κ2) is 4.42. The largest absolute Gasteiger partial charge is 0.465 e. The Bertz CT molecular complexity index is 616. The van der Waals surface area contributed by atoms with Crippen LogP contribution in [0.1, 0.15) is 24.5 Å². The lowest BCUT2D eigenvalue weighted by Crippen LogP contribution is -2.37. The lowest BCUT2D eigenvalue weighted by atomic mass is 9.94. The number of anilines is 1. The van der Waals surface area contributed by atoms with E-state index in [2.05, 4.69) is 10.1 Å². The standard InChI is InChI=1S/C12H15N5O2/c13-11-10-2-1-9(17(10)15-7-14-11)8-3-5-16(6-4-8)12(18)19/h1-2,7-8H,3-6H2,(H,18,19)(H2,13,14,15). The smallest absolute Gasteiger partial charge is 0.407 e. The number of carbonyl (C=O) groups is 1. The molecule has 0 saturated carbocycles. The van der Waals surface area contributed by atoms with Crippen LogP contribution in [0.15, 0.2) is 18.5 Å². The average Bonchev–Trinajstić information content (AvgIpc) is 2.84. The first kappa shape index (κ1) is 11.8. The van der Waals surface area contributed by atoms with E-state index in [1.165, 1.54) is 11.2 Å². The molecular weight excluding hydrogens is 246 g/mol. The molecule has 0 bridgehead atoms. The van der Waals surface area contributed by atoms with Gasteiger partial charge < -0.3 is 15.7 Å². The van der Waals surface area contributed by atoms with Gasteiger partial charge in [0.15, 0.2) is 5.82 Å². The van der Waals surface area contributed by atoms with Gasteiger partial charge in [-0.1, -0.05) is 0 Å². The summed E-state index contributed by atoms with van der Waals surface area (Å²) in [6.45, 7) is 1.13. The molecule has 1 saturated heterocycles. The van der Waals surface area contributed by atoms with Crippen LogP contribution in [-0.4, -0.2) is 43.8 Å². The summed E-state index contributed by atoms with van der Waals surface area (Å²) in [5, 5.41) is 13.2. The highest BCUT2D eigenvalue weighted by Gasteiger charge is 2.25. The fraction of sp³-hybridized carbons (Fsp3) is 0.417. The van der Waals surface area contributed by atoms with Crippen LogP contribution in [0.4, 0.5) is 10.6 Å². The molecule has 3 N–H and O–H groups in total. The third-order valence-corrected chi connectivity index (χ3v) is 3.69. The van der Waals surface area contributed by atoms with Crippen LogP contribution in [-0.2, 0) is 0 Å². The number of hydrogen-bond acceptors (Lipinski definition) is 4. The number of hydrogen-bond donors (Lipinski definition) is 2. The molecule has 0 spiro atoms. The number of rotatable bonds is 1. The Morgan fingerprint density at radius 2 is 2.11 bits per heavy atom. The Morgan fingerprint density at radius 1 is 1.37 bits per heavy atom. The molecule has 0 atom stereocenters. The van der Waals surface area contributed by atoms with Gasteiger partial charge in [-0.2, -0.15) is 5.10 Å². The molecule has 7 heteroatoms. The van der Waals surface area contributed by atoms with Crippen molar-refractivity contribution < 1.29 is 9.90 Å². The molecule has 1 aliphatic rings. The molecular formula is C12H15N5O2. The van der Waals surface area contributed by atoms with Gasteiger partial charge in [0.1, 0.15) is 11.8 Å². The van der Waals surface area contributed by atoms with E-state index in [1.54, 1.807) is 0 Å². The molecule has 1 aliphatic heterocycles. The first-order valence-electron chi connectivity index (χ1n) is 6.23. The molecule has 0 unspecified atom stereocenters. The topological polar surface area (TPSA) is 96.8 Å². The Morgan fingerprint density at radius 3 is 2.79 bits per heavy atom. The number of piperidine rings is 1. The molecule has 1 amide bonds. The van der Waals surface area contributed by atoms with E-state index in [9.17, 15) is 4.79 Å². The van der Waals surface area contributed by atoms with Crippen LogP contribution < -0.4 is 5.73 Å². The minimum absolute atomic E-state index is 0.312. The van der Waals surface area contributed by atoms with Crippen molar-refractivity contribution in [2.24, 2.45) is 0 Å². The zero-order valence-electron chi connectivity index (χ0n) is 10.4. The van der Waals surface area contributed by atoms with Crippen molar-refractivity contribution in [1.29, 1.82) is 0 Å². The summed E-state index contributed by atoms with van der Waals surface area (Å²) in [6.07, 6.45) is 2.22. The van der Waals surface area contributed by atoms with Gasteiger partial charge >= 0.3 is 6.09 Å². The van der Waals surface area contributed by atoms with E-state index in [0.717, 1.165) is 24.1 Å². The number of nitrogen functional groups attached to an aromatic ring is 1. The zero-order chi connectivity index (χ0) is 13.4. The summed E-state index contributed by atoms with van der Waals surface area (Å²) in [5.74, 6) is 0.775. The van der Waals surface area contributed by atoms with Crippen LogP contribution in [0.5, 0.6) is 0 Å². The Hall–Kier alpha value is -2.31. The van der Waals surface area contributed by atoms with Crippen molar-refractivity contribution in [3.05, 3.63) is 24.2 Å². The molecule has 0 radical (unpaired) electrons. The Labute approximate surface area is 109 Å². The maximum Gasteiger partial charge on any atom is 0.407 e. The molecule has 2 aromatic heterocycles. The summed E-state index contributed by atoms with van der Waals surface area (Å²) in [5.41, 5.74) is 7.68. The lowest BCUT2D eigenvalue weighted by molar-refractivity contribution is 0.131. The van der Waals surface area contributed by atoms with E-state index in [-0.39, 0.29) is 0 Å². The molecule has 3 heterocycles. The molecule has 0 aliphatic carbocycles. The second-order valence-corrected chi connectivity index (χ2v) is 4.74. The lowest BCUT2D eigenvalue weighted by Gasteiger charge is -2.29. The van der Waals surface area contributed by atoms with E-state index < -0.39 is 6.09 Å². The normalized spacial score (nSPS) is 16.9. The quantitative estimate of drug-likeness (QED) is 0.803. The highest BCUT2D eigenvalue weighted by Crippen LogP contribution is 2.29. The minimum Gasteiger partial charge on any atom is -0.465 e. The SMILES string of the molecule is Nc1ncnn2c(C3CCN(C(=O)O)CC3)ccc12. The Balaban J connectivity index is 1.86. The van der Waals surface area contributed by atoms with E-state index in [4.69, 9.17) is 10.8 Å². The van der Waals surface area contributed by atoms with Crippen molar-refractivity contribution in [1.82, 2.24) is 19.5 Å². The highest BCUT2D eigenvalue weighted by molar-refractivity contribution is 5.66. The summed E-state index contributed by atoms with van der Waals surface area (Å²) in [6, 6.07) is 3.91. The van der Waals surface area contributed by atoms with Gasteiger partial charge in [0.2, 0.25) is 0 Å². The van der Waals surface area contributed by atoms with Gasteiger partial charge in [-0.3, -0.25) is 0 Å². The molecule has 1 fully saturated rings. The predicted octanol–water partition coefficient (Wildman–Crippen LogP) is 1.17. The maximum absolute atomic E-state index is 10.9. The average molecular weight is 261 g/mol. The monoisotopic (exact) mass is 261 g/mol. The summed E-state index contributed by atoms with van der Waals surface area (Å²) < 4.78 is 1.81. The van der Waals surface area contributed by atoms with Gasteiger partial charge in [0.05, 0.1) is 0 Å². The number of carboxylic acid groups (broad SMARTS) is 1. The number of amides is 1. The van der Waals surface area contributed by atoms with Crippen LogP contribution in [0.25, 0.3) is 5.52 Å². The van der Waals surface area contributed by atoms with Gasteiger partial charge in [0, 0.05) is 24.7 Å². The third kappa shape index (κ3) is 1.96. The van der Waals surface area contributed by atoms with Crippen LogP contribution in [0.2, 0.25) is 0 Å². The molecule has 7 nitrogen and oxygen atoms in total. The molecule has 2 aromatic rings. The van der Waals surface area contributed by atoms with Crippen LogP contribution >= 0.6 is 0 Å². The minimum atomic E-state index is -0.843. The first-order valence-corrected chi connectivity index (χ1v) is 6.23. The van der Waals surface area contributed by atoms with Gasteiger partial charge in [0.25, 0.3) is 0 Å². The highest BCUT2D eigenvalue weighted by atomic mass is 16.4. The van der Waals surface area contributed by atoms with E-state index >= 15 is 0 Å². The first-order chi connectivity index (χ1) is 9.16. The third-order valence-electron chi connectivity index (χ3n) is 3.69. The number of fused-ring (bicyclic) bond motifs is 1. The van der Waals surface area contributed by atoms with Gasteiger partial charge in [-0.15, -0.1) is 0 Å². The fourth-order valence-corrected chi connectivity index (χ4v) is 2.65. The number of likely N-dealkylation sites (tertiary alicyclic amines) is 1. The number of nitrogens with two attached hydrogens (primary N) is 1. The van der Waals surface area contributed by atoms with E-state index in [0.29, 0.717) is 24.8 Å². The molecule has 100 valence electrons. The summed E-state index contributed by atoms with van der Waals surface area (Å²) in [4.78, 5) is 16.3. The van der Waals surface area contributed by atoms with Crippen molar-refractivity contribution in [2.75, 3.05) is 18.8 Å². The van der Waals surface area contributed by atoms with Crippen molar-refractivity contribution in [2.45, 2.75) is 18.8 Å². The van der Waals surface area contributed by atoms with Crippen molar-refractivity contribution in [3.8, 4) is 0 Å². The van der Waals surface area contributed by atoms with Crippen molar-refractivity contribution in [3.63, 3.8) is 0 Å². The molecule has 3 rings (SSSR count). The van der Waals surface area contributed by atoms with Crippen molar-refractivity contribution >= 4 is 17.4 Å². The fourth-order valence-electron chi connectivity index (χ4n) is 2.65. The van der Waals surface area contributed by atoms with E-state index in [1.807, 2.05) is 16.6 Å². The maximum atomic E-state index is 10.9. The Kier molecular flexibility index (Phi) is 2.73. The van der Waals surface area contributed by atoms with Gasteiger partial charge in [-0.05, 0) is 25.0 Å². The van der Waals surface area contributed by atoms with Crippen LogP contribution in [0.3, 0.4) is 0 Å². The van der Waals surface area contributed by atoms with Crippen LogP contribution in [0, 0.1) is 0 Å². The summed E-state index contributed by atoms with van der Waals surface area (Å²) in [7, 11) is 0. The molecule has 19 heavy (non-hydrogen) atoms. The molecule has 0 aromatic carbocycles. The number of nitrogens with zero attached hydrogens (tertiary/aromatic N) is 4. The summed E-state index contributed by atoms with van der Waals surface area (Å²) >= 11 is 0.